The second kappa shape index (κ2) is 8.01. The molecule has 3 heterocycles. The van der Waals surface area contributed by atoms with Crippen molar-refractivity contribution in [2.45, 2.75) is 5.92 Å². The summed E-state index contributed by atoms with van der Waals surface area (Å²) in [6.07, 6.45) is 2.04. The first-order valence-electron chi connectivity index (χ1n) is 10.2. The van der Waals surface area contributed by atoms with Crippen molar-refractivity contribution in [2.24, 2.45) is 14.1 Å². The molecule has 5 rings (SSSR count). The Labute approximate surface area is 188 Å². The quantitative estimate of drug-likeness (QED) is 0.503. The van der Waals surface area contributed by atoms with E-state index in [1.807, 2.05) is 78.2 Å². The molecule has 0 bridgehead atoms. The summed E-state index contributed by atoms with van der Waals surface area (Å²) in [5.74, 6) is 1.60. The molecule has 2 aromatic heterocycles. The molecule has 1 N–H and O–H groups in total. The Hall–Kier alpha value is -3.84. The SMILES string of the molecule is Cn1c2c(c(=O)n(C)c1=O)[C@@H](c1cccc(Oc3ccccc3)c1)C=C(c1cccs1)N2. The lowest BCUT2D eigenvalue weighted by Gasteiger charge is -2.27. The molecular weight excluding hydrogens is 422 g/mol. The fourth-order valence-electron chi connectivity index (χ4n) is 3.96. The number of nitrogens with zero attached hydrogens (tertiary/aromatic N) is 2. The van der Waals surface area contributed by atoms with Crippen molar-refractivity contribution in [2.75, 3.05) is 5.32 Å². The highest BCUT2D eigenvalue weighted by atomic mass is 32.1. The van der Waals surface area contributed by atoms with Gasteiger partial charge in [-0.2, -0.15) is 0 Å². The molecular formula is C25H21N3O3S. The topological polar surface area (TPSA) is 65.3 Å². The van der Waals surface area contributed by atoms with Crippen LogP contribution in [0.3, 0.4) is 0 Å². The summed E-state index contributed by atoms with van der Waals surface area (Å²) in [4.78, 5) is 26.8. The van der Waals surface area contributed by atoms with Gasteiger partial charge in [0.05, 0.1) is 16.1 Å². The molecule has 160 valence electrons. The predicted octanol–water partition coefficient (Wildman–Crippen LogP) is 4.54. The second-order valence-corrected chi connectivity index (χ2v) is 8.56. The average Bonchev–Trinajstić information content (AvgIpc) is 3.36. The summed E-state index contributed by atoms with van der Waals surface area (Å²) in [6, 6.07) is 21.3. The van der Waals surface area contributed by atoms with Crippen molar-refractivity contribution >= 4 is 22.9 Å². The van der Waals surface area contributed by atoms with Crippen LogP contribution in [0.25, 0.3) is 5.70 Å². The van der Waals surface area contributed by atoms with Gasteiger partial charge in [0.2, 0.25) is 0 Å². The maximum atomic E-state index is 13.2. The van der Waals surface area contributed by atoms with Crippen LogP contribution >= 0.6 is 11.3 Å². The summed E-state index contributed by atoms with van der Waals surface area (Å²) in [7, 11) is 3.19. The molecule has 1 aliphatic rings. The van der Waals surface area contributed by atoms with Crippen LogP contribution < -0.4 is 21.3 Å². The van der Waals surface area contributed by atoms with Gasteiger partial charge in [-0.15, -0.1) is 11.3 Å². The molecule has 1 aliphatic heterocycles. The first-order valence-corrected chi connectivity index (χ1v) is 11.1. The van der Waals surface area contributed by atoms with Crippen molar-refractivity contribution in [3.05, 3.63) is 115 Å². The monoisotopic (exact) mass is 443 g/mol. The number of para-hydroxylation sites is 1. The maximum Gasteiger partial charge on any atom is 0.332 e. The van der Waals surface area contributed by atoms with Gasteiger partial charge < -0.3 is 10.1 Å². The van der Waals surface area contributed by atoms with Crippen LogP contribution in [0.1, 0.15) is 21.9 Å². The molecule has 0 fully saturated rings. The summed E-state index contributed by atoms with van der Waals surface area (Å²) >= 11 is 1.60. The lowest BCUT2D eigenvalue weighted by molar-refractivity contribution is 0.482. The number of anilines is 1. The zero-order valence-corrected chi connectivity index (χ0v) is 18.4. The van der Waals surface area contributed by atoms with Crippen molar-refractivity contribution in [3.8, 4) is 11.5 Å². The van der Waals surface area contributed by atoms with Crippen molar-refractivity contribution in [1.29, 1.82) is 0 Å². The normalized spacial score (nSPS) is 14.9. The minimum atomic E-state index is -0.367. The number of allylic oxidation sites excluding steroid dienone is 1. The third kappa shape index (κ3) is 3.46. The van der Waals surface area contributed by atoms with Gasteiger partial charge in [0.25, 0.3) is 5.56 Å². The second-order valence-electron chi connectivity index (χ2n) is 7.62. The smallest absolute Gasteiger partial charge is 0.332 e. The van der Waals surface area contributed by atoms with Crippen molar-refractivity contribution < 1.29 is 4.74 Å². The summed E-state index contributed by atoms with van der Waals surface area (Å²) in [6.45, 7) is 0. The van der Waals surface area contributed by atoms with Crippen LogP contribution in [0, 0.1) is 0 Å². The molecule has 1 atom stereocenters. The standard InChI is InChI=1S/C25H21N3O3S/c1-27-23-22(24(29)28(2)25(27)30)19(15-20(26-23)21-12-7-13-32-21)16-8-6-11-18(14-16)31-17-9-4-3-5-10-17/h3-15,19,26H,1-2H3/t19-/m1/s1. The van der Waals surface area contributed by atoms with E-state index in [0.29, 0.717) is 17.1 Å². The molecule has 0 aliphatic carbocycles. The number of ether oxygens (including phenoxy) is 1. The van der Waals surface area contributed by atoms with Gasteiger partial charge >= 0.3 is 5.69 Å². The van der Waals surface area contributed by atoms with E-state index in [-0.39, 0.29) is 17.2 Å². The Bertz CT molecular complexity index is 1430. The molecule has 4 aromatic rings. The largest absolute Gasteiger partial charge is 0.457 e. The third-order valence-corrected chi connectivity index (χ3v) is 6.48. The molecule has 6 nitrogen and oxygen atoms in total. The van der Waals surface area contributed by atoms with Gasteiger partial charge in [0, 0.05) is 20.0 Å². The first-order chi connectivity index (χ1) is 15.5. The van der Waals surface area contributed by atoms with Crippen molar-refractivity contribution in [3.63, 3.8) is 0 Å². The van der Waals surface area contributed by atoms with E-state index in [1.54, 1.807) is 18.4 Å². The number of thiophene rings is 1. The Morgan fingerprint density at radius 1 is 0.906 bits per heavy atom. The van der Waals surface area contributed by atoms with Crippen LogP contribution in [-0.4, -0.2) is 9.13 Å². The van der Waals surface area contributed by atoms with Gasteiger partial charge in [0.15, 0.2) is 0 Å². The minimum absolute atomic E-state index is 0.309. The van der Waals surface area contributed by atoms with Gasteiger partial charge in [0.1, 0.15) is 17.3 Å². The molecule has 0 spiro atoms. The van der Waals surface area contributed by atoms with Crippen LogP contribution in [0.15, 0.2) is 87.8 Å². The number of fused-ring (bicyclic) bond motifs is 1. The average molecular weight is 444 g/mol. The Balaban J connectivity index is 1.67. The molecule has 0 unspecified atom stereocenters. The van der Waals surface area contributed by atoms with Gasteiger partial charge in [-0.3, -0.25) is 13.9 Å². The number of nitrogens with one attached hydrogen (secondary N) is 1. The van der Waals surface area contributed by atoms with E-state index >= 15 is 0 Å². The van der Waals surface area contributed by atoms with E-state index < -0.39 is 0 Å². The van der Waals surface area contributed by atoms with Gasteiger partial charge in [-0.25, -0.2) is 4.79 Å². The van der Waals surface area contributed by atoms with Crippen LogP contribution in [-0.2, 0) is 14.1 Å². The minimum Gasteiger partial charge on any atom is -0.457 e. The predicted molar refractivity (Wildman–Crippen MR) is 128 cm³/mol. The molecule has 0 radical (unpaired) electrons. The fourth-order valence-corrected chi connectivity index (χ4v) is 4.66. The Kier molecular flexibility index (Phi) is 5.03. The van der Waals surface area contributed by atoms with Crippen LogP contribution in [0.4, 0.5) is 5.82 Å². The highest BCUT2D eigenvalue weighted by Crippen LogP contribution is 2.38. The van der Waals surface area contributed by atoms with E-state index in [2.05, 4.69) is 5.32 Å². The number of aromatic nitrogens is 2. The molecule has 0 saturated carbocycles. The van der Waals surface area contributed by atoms with E-state index in [4.69, 9.17) is 4.74 Å². The number of benzene rings is 2. The number of hydrogen-bond donors (Lipinski definition) is 1. The van der Waals surface area contributed by atoms with E-state index in [9.17, 15) is 9.59 Å². The maximum absolute atomic E-state index is 13.2. The zero-order chi connectivity index (χ0) is 22.2. The highest BCUT2D eigenvalue weighted by molar-refractivity contribution is 7.11. The summed E-state index contributed by atoms with van der Waals surface area (Å²) in [5.41, 5.74) is 1.64. The first kappa shape index (κ1) is 20.1. The molecule has 0 amide bonds. The highest BCUT2D eigenvalue weighted by Gasteiger charge is 2.29. The zero-order valence-electron chi connectivity index (χ0n) is 17.6. The molecule has 7 heteroatoms. The van der Waals surface area contributed by atoms with Gasteiger partial charge in [-0.05, 0) is 47.4 Å². The number of hydrogen-bond acceptors (Lipinski definition) is 5. The molecule has 32 heavy (non-hydrogen) atoms. The Morgan fingerprint density at radius 2 is 1.69 bits per heavy atom. The molecule has 2 aromatic carbocycles. The van der Waals surface area contributed by atoms with Gasteiger partial charge in [-0.1, -0.05) is 36.4 Å². The Morgan fingerprint density at radius 3 is 2.44 bits per heavy atom. The van der Waals surface area contributed by atoms with E-state index in [1.165, 1.54) is 11.6 Å². The van der Waals surface area contributed by atoms with Crippen molar-refractivity contribution in [1.82, 2.24) is 9.13 Å². The lowest BCUT2D eigenvalue weighted by Crippen LogP contribution is -2.42. The van der Waals surface area contributed by atoms with E-state index in [0.717, 1.165) is 26.5 Å². The molecule has 0 saturated heterocycles. The number of rotatable bonds is 4. The summed E-state index contributed by atoms with van der Waals surface area (Å²) in [5, 5.41) is 5.32. The lowest BCUT2D eigenvalue weighted by atomic mass is 9.88. The fraction of sp³-hybridized carbons (Fsp3) is 0.120. The summed E-state index contributed by atoms with van der Waals surface area (Å²) < 4.78 is 8.67. The van der Waals surface area contributed by atoms with Crippen LogP contribution in [0.5, 0.6) is 11.5 Å². The third-order valence-electron chi connectivity index (χ3n) is 5.58. The van der Waals surface area contributed by atoms with Crippen LogP contribution in [0.2, 0.25) is 0 Å².